The van der Waals surface area contributed by atoms with Crippen LogP contribution in [0.3, 0.4) is 0 Å². The molecule has 6 amide bonds. The zero-order valence-corrected chi connectivity index (χ0v) is 40.0. The van der Waals surface area contributed by atoms with E-state index in [9.17, 15) is 64.0 Å². The molecule has 78 heavy (non-hydrogen) atoms. The molecule has 0 aliphatic rings. The van der Waals surface area contributed by atoms with E-state index in [1.165, 1.54) is 30.3 Å². The molecule has 5 aromatic carbocycles. The summed E-state index contributed by atoms with van der Waals surface area (Å²) in [6.07, 6.45) is -11.1. The molecule has 5 rings (SSSR count). The van der Waals surface area contributed by atoms with Crippen LogP contribution in [-0.4, -0.2) is 116 Å². The number of nitrogens with one attached hydrogen (secondary N) is 13. The van der Waals surface area contributed by atoms with Crippen LogP contribution in [0.15, 0.2) is 97.1 Å². The van der Waals surface area contributed by atoms with E-state index in [4.69, 9.17) is 50.3 Å². The number of aromatic carboxylic acids is 1. The first-order valence-corrected chi connectivity index (χ1v) is 22.1. The first-order valence-electron chi connectivity index (χ1n) is 22.1. The number of carbonyl (C=O) groups excluding carboxylic acids is 6. The summed E-state index contributed by atoms with van der Waals surface area (Å²) in [5, 5.41) is 98.8. The molecule has 0 aromatic heterocycles. The highest BCUT2D eigenvalue weighted by Gasteiger charge is 2.39. The van der Waals surface area contributed by atoms with Gasteiger partial charge >= 0.3 is 5.97 Å². The molecule has 0 aliphatic heterocycles. The summed E-state index contributed by atoms with van der Waals surface area (Å²) in [5.74, 6) is -14.2. The Morgan fingerprint density at radius 2 is 0.987 bits per heavy atom. The third-order valence-corrected chi connectivity index (χ3v) is 10.8. The van der Waals surface area contributed by atoms with Crippen LogP contribution in [-0.2, 0) is 35.3 Å². The molecule has 34 heteroatoms. The molecule has 34 nitrogen and oxygen atoms in total. The quantitative estimate of drug-likeness (QED) is 0.00738. The van der Waals surface area contributed by atoms with Crippen LogP contribution in [0.2, 0.25) is 0 Å². The molecule has 0 fully saturated rings. The number of guanidine groups is 4. The lowest BCUT2D eigenvalue weighted by molar-refractivity contribution is -0.393. The lowest BCUT2D eigenvalue weighted by Crippen LogP contribution is -2.68. The van der Waals surface area contributed by atoms with Crippen LogP contribution in [0, 0.1) is 41.9 Å². The zero-order chi connectivity index (χ0) is 57.7. The smallest absolute Gasteiger partial charge is 0.338 e. The van der Waals surface area contributed by atoms with Crippen molar-refractivity contribution in [3.05, 3.63) is 134 Å². The zero-order valence-electron chi connectivity index (χ0n) is 40.0. The number of hydrogen-bond donors (Lipinski definition) is 20. The van der Waals surface area contributed by atoms with Gasteiger partial charge in [-0.2, -0.15) is 0 Å². The number of aliphatic hydroxyl groups excluding tert-OH is 1. The van der Waals surface area contributed by atoms with Crippen LogP contribution in [0.1, 0.15) is 27.5 Å². The van der Waals surface area contributed by atoms with Gasteiger partial charge in [0.1, 0.15) is 11.7 Å². The van der Waals surface area contributed by atoms with Crippen LogP contribution in [0.5, 0.6) is 0 Å². The summed E-state index contributed by atoms with van der Waals surface area (Å²) >= 11 is 0. The molecule has 6 atom stereocenters. The number of nitro groups is 2. The summed E-state index contributed by atoms with van der Waals surface area (Å²) in [6, 6.07) is 21.1. The highest BCUT2D eigenvalue weighted by Crippen LogP contribution is 2.39. The summed E-state index contributed by atoms with van der Waals surface area (Å²) in [6.45, 7) is -0.712. The van der Waals surface area contributed by atoms with Crippen molar-refractivity contribution in [2.24, 2.45) is 28.7 Å². The number of carboxylic acid groups (broad SMARTS) is 1. The Bertz CT molecular complexity index is 3240. The van der Waals surface area contributed by atoms with Crippen LogP contribution >= 0.6 is 0 Å². The maximum atomic E-state index is 14.6. The Morgan fingerprint density at radius 3 is 1.46 bits per heavy atom. The van der Waals surface area contributed by atoms with Gasteiger partial charge in [-0.15, -0.1) is 0 Å². The number of carboxylic acids is 1. The predicted molar refractivity (Wildman–Crippen MR) is 275 cm³/mol. The van der Waals surface area contributed by atoms with E-state index < -0.39 is 141 Å². The molecule has 0 saturated carbocycles. The molecule has 408 valence electrons. The third kappa shape index (κ3) is 14.4. The number of nitrogens with two attached hydrogens (primary N) is 5. The summed E-state index contributed by atoms with van der Waals surface area (Å²) in [4.78, 5) is 117. The van der Waals surface area contributed by atoms with Crippen molar-refractivity contribution in [1.29, 1.82) is 21.6 Å². The summed E-state index contributed by atoms with van der Waals surface area (Å²) < 4.78 is 0. The minimum Gasteiger partial charge on any atom is -0.478 e. The number of nitrogens with zero attached hydrogens (tertiary/aromatic N) is 3. The van der Waals surface area contributed by atoms with Gasteiger partial charge in [-0.1, -0.05) is 78.9 Å². The van der Waals surface area contributed by atoms with Crippen molar-refractivity contribution in [1.82, 2.24) is 47.9 Å². The lowest BCUT2D eigenvalue weighted by atomic mass is 9.96. The molecule has 0 heterocycles. The summed E-state index contributed by atoms with van der Waals surface area (Å²) in [7, 11) is 0. The molecule has 0 spiro atoms. The SMILES string of the molecule is N=C(N)NC(NC(=O)C(NC(=N)N)NC(=O)C(NC(=N)N)NC(=O)C(NC(=N)N)NC(=O)C(NC(=O)C(O)N(Cc1cc2ccccc2c2ccccc12)c1c(C(=O)O)cc([N+](=O)[O-])cc1[N+](=O)[O-])c1ccccc1)C(N)=O. The van der Waals surface area contributed by atoms with E-state index >= 15 is 0 Å². The highest BCUT2D eigenvalue weighted by atomic mass is 16.6. The normalized spacial score (nSPS) is 13.0. The molecular formula is C44H49N21O13. The number of benzene rings is 5. The third-order valence-electron chi connectivity index (χ3n) is 10.8. The van der Waals surface area contributed by atoms with Crippen LogP contribution < -0.4 is 81.4 Å². The number of aliphatic hydroxyl groups is 1. The van der Waals surface area contributed by atoms with Gasteiger partial charge in [-0.05, 0) is 38.7 Å². The van der Waals surface area contributed by atoms with Gasteiger partial charge in [0, 0.05) is 12.6 Å². The van der Waals surface area contributed by atoms with Gasteiger partial charge in [-0.3, -0.25) is 70.6 Å². The largest absolute Gasteiger partial charge is 0.478 e. The fourth-order valence-electron chi connectivity index (χ4n) is 7.56. The molecule has 25 N–H and O–H groups in total. The van der Waals surface area contributed by atoms with E-state index in [-0.39, 0.29) is 11.1 Å². The van der Waals surface area contributed by atoms with E-state index in [1.54, 1.807) is 54.6 Å². The van der Waals surface area contributed by atoms with Crippen LogP contribution in [0.4, 0.5) is 17.1 Å². The fraction of sp³-hybridized carbons (Fsp3) is 0.159. The van der Waals surface area contributed by atoms with Gasteiger partial charge in [0.2, 0.25) is 12.1 Å². The van der Waals surface area contributed by atoms with E-state index in [2.05, 4.69) is 16.0 Å². The molecule has 5 aromatic rings. The summed E-state index contributed by atoms with van der Waals surface area (Å²) in [5.41, 5.74) is 22.7. The second kappa shape index (κ2) is 25.0. The number of rotatable bonds is 23. The first-order chi connectivity index (χ1) is 36.8. The first kappa shape index (κ1) is 57.5. The average Bonchev–Trinajstić information content (AvgIpc) is 3.45. The highest BCUT2D eigenvalue weighted by molar-refractivity contribution is 6.09. The second-order valence-electron chi connectivity index (χ2n) is 16.2. The van der Waals surface area contributed by atoms with E-state index in [1.807, 2.05) is 31.9 Å². The number of amides is 6. The number of carbonyl (C=O) groups is 7. The minimum absolute atomic E-state index is 0.0907. The maximum absolute atomic E-state index is 14.6. The maximum Gasteiger partial charge on any atom is 0.338 e. The topological polar surface area (TPSA) is 583 Å². The van der Waals surface area contributed by atoms with Crippen molar-refractivity contribution in [3.8, 4) is 0 Å². The Balaban J connectivity index is 1.53. The fourth-order valence-corrected chi connectivity index (χ4v) is 7.56. The van der Waals surface area contributed by atoms with Crippen LogP contribution in [0.25, 0.3) is 21.5 Å². The van der Waals surface area contributed by atoms with Gasteiger partial charge in [-0.25, -0.2) is 4.79 Å². The molecule has 0 aliphatic carbocycles. The van der Waals surface area contributed by atoms with Crippen molar-refractivity contribution >= 4 is 104 Å². The molecule has 0 saturated heterocycles. The number of hydrogen-bond acceptors (Lipinski definition) is 17. The van der Waals surface area contributed by atoms with Gasteiger partial charge < -0.3 is 91.6 Å². The Labute approximate surface area is 437 Å². The molecule has 6 unspecified atom stereocenters. The predicted octanol–water partition coefficient (Wildman–Crippen LogP) is -4.12. The van der Waals surface area contributed by atoms with Gasteiger partial charge in [0.15, 0.2) is 48.5 Å². The number of primary amides is 1. The number of anilines is 1. The minimum atomic E-state index is -2.70. The monoisotopic (exact) mass is 1080 g/mol. The Kier molecular flexibility index (Phi) is 18.4. The van der Waals surface area contributed by atoms with E-state index in [0.29, 0.717) is 33.2 Å². The number of fused-ring (bicyclic) bond motifs is 3. The molecule has 0 bridgehead atoms. The average molecular weight is 1080 g/mol. The van der Waals surface area contributed by atoms with Gasteiger partial charge in [0.05, 0.1) is 21.5 Å². The van der Waals surface area contributed by atoms with Crippen molar-refractivity contribution in [2.45, 2.75) is 43.5 Å². The van der Waals surface area contributed by atoms with Crippen molar-refractivity contribution < 1.29 is 53.6 Å². The second-order valence-corrected chi connectivity index (χ2v) is 16.2. The van der Waals surface area contributed by atoms with Crippen molar-refractivity contribution in [2.75, 3.05) is 4.90 Å². The lowest BCUT2D eigenvalue weighted by Gasteiger charge is -2.32. The molecule has 0 radical (unpaired) electrons. The van der Waals surface area contributed by atoms with Crippen molar-refractivity contribution in [3.63, 3.8) is 0 Å². The van der Waals surface area contributed by atoms with Gasteiger partial charge in [0.25, 0.3) is 40.9 Å². The van der Waals surface area contributed by atoms with E-state index in [0.717, 1.165) is 5.39 Å². The Morgan fingerprint density at radius 1 is 0.538 bits per heavy atom. The number of non-ortho nitro benzene ring substituents is 1. The number of nitro benzene ring substituents is 2. The molecular weight excluding hydrogens is 1030 g/mol. The Hall–Kier alpha value is -11.5. The standard InChI is InChI=1S/C44H49N21O13/c45-29(66)30(59-41(46)47)55-35(68)32(61-43(50)51)57-37(70)33(62-44(52)53)58-36(69)31(60-42(48)49)56-34(67)27(18-8-2-1-3-9-18)54-38(71)39(72)63(28-25(40(73)74)15-21(64(75)76)16-26(28)65(77)78)17-20-14-19-10-4-5-11-22(19)24-13-7-6-12-23(20)24/h1-16,27,30-33,39,72H,17H2,(H2,45,66)(H,54,71)(H,55,68)(H,56,67)(H,57,70)(H,58,69)(H,73,74)(H4,46,47,59)(H4,48,49,60)(H4,50,51,61)(H4,52,53,62).